The van der Waals surface area contributed by atoms with Gasteiger partial charge in [0.2, 0.25) is 11.8 Å². The highest BCUT2D eigenvalue weighted by Crippen LogP contribution is 2.26. The molecular formula is C25H20N2O5S. The molecule has 1 aromatic heterocycles. The van der Waals surface area contributed by atoms with Crippen molar-refractivity contribution in [2.45, 2.75) is 13.3 Å². The Labute approximate surface area is 194 Å². The Morgan fingerprint density at radius 1 is 1.15 bits per heavy atom. The lowest BCUT2D eigenvalue weighted by Gasteiger charge is -2.08. The number of nitrogens with zero attached hydrogens (tertiary/aromatic N) is 1. The highest BCUT2D eigenvalue weighted by molar-refractivity contribution is 7.12. The number of nitrogens with one attached hydrogen (secondary N) is 1. The molecule has 8 heteroatoms. The van der Waals surface area contributed by atoms with Gasteiger partial charge in [-0.3, -0.25) is 9.59 Å². The summed E-state index contributed by atoms with van der Waals surface area (Å²) in [5.41, 5.74) is 2.81. The molecule has 0 atom stereocenters. The van der Waals surface area contributed by atoms with Crippen molar-refractivity contribution in [3.8, 4) is 5.75 Å². The summed E-state index contributed by atoms with van der Waals surface area (Å²) in [4.78, 5) is 41.1. The highest BCUT2D eigenvalue weighted by atomic mass is 32.1. The fraction of sp³-hybridized carbons (Fsp3) is 0.120. The summed E-state index contributed by atoms with van der Waals surface area (Å²) in [7, 11) is 1.55. The van der Waals surface area contributed by atoms with Gasteiger partial charge in [-0.15, -0.1) is 11.3 Å². The van der Waals surface area contributed by atoms with Gasteiger partial charge in [0.25, 0.3) is 0 Å². The van der Waals surface area contributed by atoms with Crippen molar-refractivity contribution >= 4 is 46.7 Å². The number of ketones is 1. The Bertz CT molecular complexity index is 1270. The summed E-state index contributed by atoms with van der Waals surface area (Å²) in [6.07, 6.45) is 1.79. The van der Waals surface area contributed by atoms with E-state index in [0.717, 1.165) is 5.56 Å². The molecule has 1 aliphatic heterocycles. The van der Waals surface area contributed by atoms with Crippen molar-refractivity contribution in [3.05, 3.63) is 87.2 Å². The lowest BCUT2D eigenvalue weighted by atomic mass is 10.0. The summed E-state index contributed by atoms with van der Waals surface area (Å²) >= 11 is 1.39. The molecule has 33 heavy (non-hydrogen) atoms. The van der Waals surface area contributed by atoms with Gasteiger partial charge in [0, 0.05) is 30.2 Å². The predicted octanol–water partition coefficient (Wildman–Crippen LogP) is 4.49. The number of carbonyl (C=O) groups excluding carboxylic acids is 3. The zero-order chi connectivity index (χ0) is 23.4. The van der Waals surface area contributed by atoms with Gasteiger partial charge in [-0.2, -0.15) is 0 Å². The van der Waals surface area contributed by atoms with E-state index in [9.17, 15) is 14.4 Å². The van der Waals surface area contributed by atoms with Gasteiger partial charge >= 0.3 is 5.97 Å². The van der Waals surface area contributed by atoms with Crippen molar-refractivity contribution in [1.82, 2.24) is 0 Å². The number of rotatable bonds is 7. The van der Waals surface area contributed by atoms with E-state index in [4.69, 9.17) is 9.47 Å². The Hall–Kier alpha value is -4.04. The maximum Gasteiger partial charge on any atom is 0.363 e. The Morgan fingerprint density at radius 3 is 2.61 bits per heavy atom. The van der Waals surface area contributed by atoms with Crippen LogP contribution in [0.1, 0.15) is 33.3 Å². The van der Waals surface area contributed by atoms with Crippen LogP contribution in [0.5, 0.6) is 5.75 Å². The first-order chi connectivity index (χ1) is 15.9. The molecule has 0 spiro atoms. The van der Waals surface area contributed by atoms with Crippen molar-refractivity contribution in [3.63, 3.8) is 0 Å². The Balaban J connectivity index is 1.57. The van der Waals surface area contributed by atoms with Crippen LogP contribution in [0.2, 0.25) is 0 Å². The summed E-state index contributed by atoms with van der Waals surface area (Å²) in [6.45, 7) is 1.43. The maximum absolute atomic E-state index is 12.6. The molecule has 0 saturated carbocycles. The molecule has 0 radical (unpaired) electrons. The van der Waals surface area contributed by atoms with Crippen molar-refractivity contribution in [2.75, 3.05) is 12.4 Å². The number of hydrogen-bond donors (Lipinski definition) is 1. The predicted molar refractivity (Wildman–Crippen MR) is 127 cm³/mol. The van der Waals surface area contributed by atoms with E-state index in [1.165, 1.54) is 18.3 Å². The molecule has 0 saturated heterocycles. The second-order valence-electron chi connectivity index (χ2n) is 7.24. The smallest absolute Gasteiger partial charge is 0.363 e. The molecule has 0 unspecified atom stereocenters. The van der Waals surface area contributed by atoms with E-state index < -0.39 is 5.97 Å². The molecule has 1 amide bonds. The van der Waals surface area contributed by atoms with Gasteiger partial charge in [-0.05, 0) is 59.5 Å². The third kappa shape index (κ3) is 5.24. The van der Waals surface area contributed by atoms with E-state index in [-0.39, 0.29) is 29.7 Å². The van der Waals surface area contributed by atoms with Crippen LogP contribution < -0.4 is 10.1 Å². The third-order valence-corrected chi connectivity index (χ3v) is 5.74. The summed E-state index contributed by atoms with van der Waals surface area (Å²) < 4.78 is 10.7. The van der Waals surface area contributed by atoms with Crippen LogP contribution in [0.15, 0.2) is 70.7 Å². The molecule has 166 valence electrons. The zero-order valence-electron chi connectivity index (χ0n) is 18.0. The van der Waals surface area contributed by atoms with Crippen LogP contribution in [-0.2, 0) is 20.7 Å². The van der Waals surface area contributed by atoms with Crippen LogP contribution in [0, 0.1) is 0 Å². The van der Waals surface area contributed by atoms with Crippen LogP contribution in [0.4, 0.5) is 5.69 Å². The fourth-order valence-corrected chi connectivity index (χ4v) is 3.98. The largest absolute Gasteiger partial charge is 0.496 e. The van der Waals surface area contributed by atoms with Crippen LogP contribution >= 0.6 is 11.3 Å². The number of esters is 1. The number of thiophene rings is 1. The van der Waals surface area contributed by atoms with Crippen molar-refractivity contribution in [2.24, 2.45) is 4.99 Å². The van der Waals surface area contributed by atoms with Gasteiger partial charge in [0.15, 0.2) is 11.5 Å². The number of benzene rings is 2. The van der Waals surface area contributed by atoms with Gasteiger partial charge < -0.3 is 14.8 Å². The average molecular weight is 461 g/mol. The van der Waals surface area contributed by atoms with Gasteiger partial charge in [-0.1, -0.05) is 12.1 Å². The zero-order valence-corrected chi connectivity index (χ0v) is 18.8. The molecule has 0 aliphatic carbocycles. The first-order valence-corrected chi connectivity index (χ1v) is 10.9. The van der Waals surface area contributed by atoms with Crippen LogP contribution in [-0.4, -0.2) is 30.7 Å². The van der Waals surface area contributed by atoms with Gasteiger partial charge in [-0.25, -0.2) is 9.79 Å². The molecule has 2 heterocycles. The lowest BCUT2D eigenvalue weighted by molar-refractivity contribution is -0.129. The average Bonchev–Trinajstić information content (AvgIpc) is 3.45. The molecule has 1 aliphatic rings. The number of carbonyl (C=O) groups is 3. The third-order valence-electron chi connectivity index (χ3n) is 4.83. The molecule has 2 aromatic carbocycles. The van der Waals surface area contributed by atoms with Crippen LogP contribution in [0.25, 0.3) is 6.08 Å². The van der Waals surface area contributed by atoms with E-state index in [2.05, 4.69) is 10.3 Å². The topological polar surface area (TPSA) is 94.1 Å². The summed E-state index contributed by atoms with van der Waals surface area (Å²) in [5.74, 6) is 0.0367. The fourth-order valence-electron chi connectivity index (χ4n) is 3.31. The Morgan fingerprint density at radius 2 is 1.94 bits per heavy atom. The first kappa shape index (κ1) is 22.2. The molecular weight excluding hydrogens is 440 g/mol. The van der Waals surface area contributed by atoms with Gasteiger partial charge in [0.05, 0.1) is 12.0 Å². The number of hydrogen-bond acceptors (Lipinski definition) is 7. The van der Waals surface area contributed by atoms with Crippen molar-refractivity contribution in [1.29, 1.82) is 0 Å². The highest BCUT2D eigenvalue weighted by Gasteiger charge is 2.24. The molecule has 4 rings (SSSR count). The molecule has 1 N–H and O–H groups in total. The number of Topliss-reactive ketones (excluding diaryl/α,β-unsaturated/α-hetero) is 1. The standard InChI is InChI=1S/C25H20N2O5S/c1-15(28)26-19-8-6-17(7-9-19)24-27-20(25(30)32-24)13-16-5-10-22(31-2)18(12-16)14-21(29)23-4-3-11-33-23/h3-13H,14H2,1-2H3,(H,26,28)/b20-13+. The van der Waals surface area contributed by atoms with Crippen molar-refractivity contribution < 1.29 is 23.9 Å². The van der Waals surface area contributed by atoms with Crippen LogP contribution in [0.3, 0.4) is 0 Å². The van der Waals surface area contributed by atoms with E-state index in [0.29, 0.717) is 27.4 Å². The van der Waals surface area contributed by atoms with E-state index in [1.807, 2.05) is 11.4 Å². The molecule has 3 aromatic rings. The monoisotopic (exact) mass is 460 g/mol. The SMILES string of the molecule is COc1ccc(/C=C2/N=C(c3ccc(NC(C)=O)cc3)OC2=O)cc1CC(=O)c1cccs1. The minimum atomic E-state index is -0.567. The second kappa shape index (κ2) is 9.62. The Kier molecular flexibility index (Phi) is 6.46. The van der Waals surface area contributed by atoms with E-state index in [1.54, 1.807) is 61.7 Å². The minimum absolute atomic E-state index is 0.00334. The first-order valence-electron chi connectivity index (χ1n) is 10.1. The number of anilines is 1. The molecule has 0 bridgehead atoms. The maximum atomic E-state index is 12.6. The number of cyclic esters (lactones) is 1. The minimum Gasteiger partial charge on any atom is -0.496 e. The second-order valence-corrected chi connectivity index (χ2v) is 8.19. The number of aliphatic imine (C=N–C) groups is 1. The summed E-state index contributed by atoms with van der Waals surface area (Å²) in [5, 5.41) is 4.54. The van der Waals surface area contributed by atoms with E-state index >= 15 is 0 Å². The summed E-state index contributed by atoms with van der Waals surface area (Å²) in [6, 6.07) is 15.8. The molecule has 7 nitrogen and oxygen atoms in total. The molecule has 0 fully saturated rings. The lowest BCUT2D eigenvalue weighted by Crippen LogP contribution is -2.07. The normalized spacial score (nSPS) is 14.1. The number of amides is 1. The quantitative estimate of drug-likeness (QED) is 0.319. The number of ether oxygens (including phenoxy) is 2. The van der Waals surface area contributed by atoms with Gasteiger partial charge in [0.1, 0.15) is 5.75 Å². The number of methoxy groups -OCH3 is 1.